The van der Waals surface area contributed by atoms with E-state index in [2.05, 4.69) is 21.7 Å². The maximum absolute atomic E-state index is 12.3. The normalized spacial score (nSPS) is 13.9. The van der Waals surface area contributed by atoms with Gasteiger partial charge < -0.3 is 15.7 Å². The summed E-state index contributed by atoms with van der Waals surface area (Å²) in [6, 6.07) is 20.0. The van der Waals surface area contributed by atoms with Crippen LogP contribution in [0.15, 0.2) is 65.7 Å². The first kappa shape index (κ1) is 21.5. The first-order chi connectivity index (χ1) is 14.2. The molecule has 154 valence electrons. The highest BCUT2D eigenvalue weighted by atomic mass is 32.2. The van der Waals surface area contributed by atoms with E-state index in [1.807, 2.05) is 61.5 Å². The molecule has 3 N–H and O–H groups in total. The number of guanidine groups is 1. The highest BCUT2D eigenvalue weighted by molar-refractivity contribution is 7.84. The van der Waals surface area contributed by atoms with E-state index >= 15 is 0 Å². The van der Waals surface area contributed by atoms with Gasteiger partial charge in [0.25, 0.3) is 0 Å². The molecule has 0 spiro atoms. The molecule has 0 fully saturated rings. The lowest BCUT2D eigenvalue weighted by atomic mass is 10.2. The zero-order chi connectivity index (χ0) is 20.5. The van der Waals surface area contributed by atoms with Gasteiger partial charge in [0.2, 0.25) is 0 Å². The molecule has 2 atom stereocenters. The van der Waals surface area contributed by atoms with Crippen LogP contribution in [-0.2, 0) is 16.6 Å². The summed E-state index contributed by atoms with van der Waals surface area (Å²) >= 11 is 1.59. The van der Waals surface area contributed by atoms with E-state index in [1.165, 1.54) is 0 Å². The zero-order valence-electron chi connectivity index (χ0n) is 16.5. The van der Waals surface area contributed by atoms with Crippen LogP contribution >= 0.6 is 11.3 Å². The van der Waals surface area contributed by atoms with Crippen LogP contribution in [0.25, 0.3) is 10.1 Å². The summed E-state index contributed by atoms with van der Waals surface area (Å²) < 4.78 is 13.4. The van der Waals surface area contributed by atoms with Gasteiger partial charge in [-0.05, 0) is 30.0 Å². The minimum absolute atomic E-state index is 0.273. The predicted molar refractivity (Wildman–Crippen MR) is 124 cm³/mol. The van der Waals surface area contributed by atoms with Gasteiger partial charge in [-0.3, -0.25) is 9.20 Å². The Morgan fingerprint density at radius 3 is 2.66 bits per heavy atom. The lowest BCUT2D eigenvalue weighted by Crippen LogP contribution is -2.39. The van der Waals surface area contributed by atoms with Crippen LogP contribution in [0.1, 0.15) is 23.5 Å². The van der Waals surface area contributed by atoms with Gasteiger partial charge >= 0.3 is 0 Å². The van der Waals surface area contributed by atoms with Crippen molar-refractivity contribution in [1.29, 1.82) is 0 Å². The van der Waals surface area contributed by atoms with Gasteiger partial charge in [-0.1, -0.05) is 48.5 Å². The van der Waals surface area contributed by atoms with E-state index in [0.717, 1.165) is 27.1 Å². The minimum atomic E-state index is -0.936. The maximum atomic E-state index is 12.3. The van der Waals surface area contributed by atoms with E-state index in [4.69, 9.17) is 0 Å². The van der Waals surface area contributed by atoms with Crippen molar-refractivity contribution in [2.75, 3.05) is 25.4 Å². The largest absolute Gasteiger partial charge is 0.386 e. The fourth-order valence-corrected chi connectivity index (χ4v) is 4.97. The summed E-state index contributed by atoms with van der Waals surface area (Å²) in [6.45, 7) is 3.55. The summed E-state index contributed by atoms with van der Waals surface area (Å²) in [4.78, 5) is 5.40. The molecular weight excluding hydrogens is 402 g/mol. The van der Waals surface area contributed by atoms with E-state index < -0.39 is 16.9 Å². The molecule has 2 unspecified atom stereocenters. The molecule has 1 aromatic heterocycles. The molecule has 0 saturated carbocycles. The lowest BCUT2D eigenvalue weighted by Gasteiger charge is -2.12. The van der Waals surface area contributed by atoms with Crippen molar-refractivity contribution in [3.63, 3.8) is 0 Å². The van der Waals surface area contributed by atoms with Crippen LogP contribution in [0.5, 0.6) is 0 Å². The number of aliphatic hydroxyl groups is 1. The molecule has 0 bridgehead atoms. The fourth-order valence-electron chi connectivity index (χ4n) is 2.89. The van der Waals surface area contributed by atoms with Gasteiger partial charge in [-0.15, -0.1) is 11.3 Å². The molecule has 1 heterocycles. The Kier molecular flexibility index (Phi) is 8.22. The monoisotopic (exact) mass is 429 g/mol. The van der Waals surface area contributed by atoms with E-state index in [1.54, 1.807) is 11.3 Å². The zero-order valence-corrected chi connectivity index (χ0v) is 18.1. The Morgan fingerprint density at radius 1 is 1.14 bits per heavy atom. The summed E-state index contributed by atoms with van der Waals surface area (Å²) in [5.74, 6) is 1.73. The van der Waals surface area contributed by atoms with Gasteiger partial charge in [-0.2, -0.15) is 0 Å². The number of fused-ring (bicyclic) bond motifs is 1. The molecule has 3 aromatic rings. The van der Waals surface area contributed by atoms with Gasteiger partial charge in [-0.25, -0.2) is 0 Å². The smallest absolute Gasteiger partial charge is 0.191 e. The second-order valence-electron chi connectivity index (χ2n) is 6.62. The van der Waals surface area contributed by atoms with Crippen molar-refractivity contribution in [3.05, 3.63) is 71.1 Å². The molecule has 0 saturated heterocycles. The summed E-state index contributed by atoms with van der Waals surface area (Å²) in [5, 5.41) is 18.0. The van der Waals surface area contributed by atoms with Gasteiger partial charge in [0, 0.05) is 45.0 Å². The highest BCUT2D eigenvalue weighted by Gasteiger charge is 2.11. The number of aliphatic imine (C=N–C) groups is 1. The SMILES string of the molecule is CCNC(=NCC(O)c1cc2ccccc2s1)NCCS(=O)Cc1ccccc1. The predicted octanol–water partition coefficient (Wildman–Crippen LogP) is 3.44. The number of thiophene rings is 1. The van der Waals surface area contributed by atoms with Gasteiger partial charge in [0.05, 0.1) is 6.54 Å². The molecule has 0 radical (unpaired) electrons. The van der Waals surface area contributed by atoms with Crippen LogP contribution in [-0.4, -0.2) is 40.7 Å². The second-order valence-corrected chi connectivity index (χ2v) is 9.31. The van der Waals surface area contributed by atoms with Crippen molar-refractivity contribution >= 4 is 38.2 Å². The Bertz CT molecular complexity index is 924. The third-order valence-corrected chi connectivity index (χ3v) is 6.86. The Morgan fingerprint density at radius 2 is 1.90 bits per heavy atom. The number of nitrogens with zero attached hydrogens (tertiary/aromatic N) is 1. The fraction of sp³-hybridized carbons (Fsp3) is 0.318. The van der Waals surface area contributed by atoms with Crippen molar-refractivity contribution < 1.29 is 9.32 Å². The topological polar surface area (TPSA) is 73.7 Å². The average molecular weight is 430 g/mol. The summed E-state index contributed by atoms with van der Waals surface area (Å²) in [5.41, 5.74) is 1.08. The van der Waals surface area contributed by atoms with Crippen molar-refractivity contribution in [3.8, 4) is 0 Å². The lowest BCUT2D eigenvalue weighted by molar-refractivity contribution is 0.191. The van der Waals surface area contributed by atoms with Crippen LogP contribution in [0.3, 0.4) is 0 Å². The molecule has 5 nitrogen and oxygen atoms in total. The number of aliphatic hydroxyl groups excluding tert-OH is 1. The van der Waals surface area contributed by atoms with Crippen LogP contribution in [0.4, 0.5) is 0 Å². The van der Waals surface area contributed by atoms with Crippen molar-refractivity contribution in [1.82, 2.24) is 10.6 Å². The Hall–Kier alpha value is -2.22. The average Bonchev–Trinajstić information content (AvgIpc) is 3.17. The van der Waals surface area contributed by atoms with Gasteiger partial charge in [0.15, 0.2) is 5.96 Å². The quantitative estimate of drug-likeness (QED) is 0.360. The highest BCUT2D eigenvalue weighted by Crippen LogP contribution is 2.29. The first-order valence-electron chi connectivity index (χ1n) is 9.73. The van der Waals surface area contributed by atoms with E-state index in [0.29, 0.717) is 24.0 Å². The molecule has 3 rings (SSSR count). The van der Waals surface area contributed by atoms with Crippen LogP contribution < -0.4 is 10.6 Å². The molecule has 7 heteroatoms. The van der Waals surface area contributed by atoms with Crippen molar-refractivity contribution in [2.45, 2.75) is 18.8 Å². The maximum Gasteiger partial charge on any atom is 0.191 e. The molecule has 2 aromatic carbocycles. The number of hydrogen-bond acceptors (Lipinski definition) is 4. The number of benzene rings is 2. The molecule has 0 aliphatic rings. The van der Waals surface area contributed by atoms with Crippen LogP contribution in [0, 0.1) is 0 Å². The Labute approximate surface area is 178 Å². The number of nitrogens with one attached hydrogen (secondary N) is 2. The molecule has 0 aliphatic carbocycles. The van der Waals surface area contributed by atoms with Crippen LogP contribution in [0.2, 0.25) is 0 Å². The molecule has 0 aliphatic heterocycles. The summed E-state index contributed by atoms with van der Waals surface area (Å²) in [7, 11) is -0.936. The minimum Gasteiger partial charge on any atom is -0.386 e. The Balaban J connectivity index is 1.50. The van der Waals surface area contributed by atoms with E-state index in [-0.39, 0.29) is 6.54 Å². The third-order valence-electron chi connectivity index (χ3n) is 4.33. The summed E-state index contributed by atoms with van der Waals surface area (Å²) in [6.07, 6.45) is -0.643. The van der Waals surface area contributed by atoms with Gasteiger partial charge in [0.1, 0.15) is 6.10 Å². The first-order valence-corrected chi connectivity index (χ1v) is 12.0. The molecule has 0 amide bonds. The van der Waals surface area contributed by atoms with Crippen molar-refractivity contribution in [2.24, 2.45) is 4.99 Å². The second kappa shape index (κ2) is 11.1. The number of rotatable bonds is 9. The molecule has 29 heavy (non-hydrogen) atoms. The van der Waals surface area contributed by atoms with E-state index in [9.17, 15) is 9.32 Å². The third kappa shape index (κ3) is 6.66. The molecular formula is C22H27N3O2S2. The number of hydrogen-bond donors (Lipinski definition) is 3. The standard InChI is InChI=1S/C22H27N3O2S2/c1-2-23-22(24-12-13-29(27)16-17-8-4-3-5-9-17)25-15-19(26)21-14-18-10-6-7-11-20(18)28-21/h3-11,14,19,26H,2,12-13,15-16H2,1H3,(H2,23,24,25).